The van der Waals surface area contributed by atoms with Crippen LogP contribution >= 0.6 is 22.9 Å². The number of thiazole rings is 1. The Morgan fingerprint density at radius 2 is 2.15 bits per heavy atom. The molecule has 0 radical (unpaired) electrons. The molecule has 2 rings (SSSR count). The summed E-state index contributed by atoms with van der Waals surface area (Å²) >= 11 is 6.99. The van der Waals surface area contributed by atoms with E-state index in [1.807, 2.05) is 12.1 Å². The van der Waals surface area contributed by atoms with Gasteiger partial charge in [-0.25, -0.2) is 9.78 Å². The van der Waals surface area contributed by atoms with E-state index in [1.54, 1.807) is 25.3 Å². The Kier molecular flexibility index (Phi) is 4.70. The van der Waals surface area contributed by atoms with Gasteiger partial charge in [-0.15, -0.1) is 0 Å². The number of halogens is 1. The zero-order chi connectivity index (χ0) is 14.5. The number of nitrogens with one attached hydrogen (secondary N) is 1. The highest BCUT2D eigenvalue weighted by atomic mass is 35.5. The van der Waals surface area contributed by atoms with Crippen LogP contribution in [-0.2, 0) is 4.74 Å². The van der Waals surface area contributed by atoms with Crippen molar-refractivity contribution in [1.82, 2.24) is 4.98 Å². The summed E-state index contributed by atoms with van der Waals surface area (Å²) in [6.07, 6.45) is 1.64. The molecule has 0 bridgehead atoms. The summed E-state index contributed by atoms with van der Waals surface area (Å²) in [6, 6.07) is 7.26. The van der Waals surface area contributed by atoms with Crippen LogP contribution < -0.4 is 5.43 Å². The third-order valence-corrected chi connectivity index (χ3v) is 3.71. The predicted molar refractivity (Wildman–Crippen MR) is 80.9 cm³/mol. The molecule has 1 N–H and O–H groups in total. The highest BCUT2D eigenvalue weighted by Gasteiger charge is 2.15. The number of methoxy groups -OCH3 is 1. The van der Waals surface area contributed by atoms with Gasteiger partial charge in [-0.3, -0.25) is 5.43 Å². The van der Waals surface area contributed by atoms with Crippen molar-refractivity contribution in [1.29, 1.82) is 0 Å². The average molecular weight is 310 g/mol. The van der Waals surface area contributed by atoms with Crippen molar-refractivity contribution in [3.8, 4) is 0 Å². The zero-order valence-electron chi connectivity index (χ0n) is 10.9. The Balaban J connectivity index is 2.04. The van der Waals surface area contributed by atoms with Crippen LogP contribution in [0.15, 0.2) is 29.4 Å². The van der Waals surface area contributed by atoms with Gasteiger partial charge in [0.1, 0.15) is 4.88 Å². The molecular formula is C13H12ClN3O2S. The summed E-state index contributed by atoms with van der Waals surface area (Å²) in [6.45, 7) is 1.75. The standard InChI is InChI=1S/C13H12ClN3O2S/c1-8-11(12(18)19-2)20-13(16-8)17-15-7-9-3-5-10(14)6-4-9/h3-7H,1-2H3,(H,16,17)/b15-7+. The Morgan fingerprint density at radius 1 is 1.45 bits per heavy atom. The van der Waals surface area contributed by atoms with Crippen molar-refractivity contribution in [3.05, 3.63) is 45.4 Å². The number of carbonyl (C=O) groups is 1. The molecule has 0 fully saturated rings. The van der Waals surface area contributed by atoms with Gasteiger partial charge in [0.2, 0.25) is 5.13 Å². The lowest BCUT2D eigenvalue weighted by Crippen LogP contribution is -1.99. The SMILES string of the molecule is COC(=O)c1sc(N/N=C/c2ccc(Cl)cc2)nc1C. The van der Waals surface area contributed by atoms with Crippen molar-refractivity contribution in [2.75, 3.05) is 12.5 Å². The van der Waals surface area contributed by atoms with Gasteiger partial charge in [-0.05, 0) is 24.6 Å². The normalized spacial score (nSPS) is 10.8. The van der Waals surface area contributed by atoms with Crippen LogP contribution in [0.2, 0.25) is 5.02 Å². The summed E-state index contributed by atoms with van der Waals surface area (Å²) in [5.41, 5.74) is 4.31. The van der Waals surface area contributed by atoms with Crippen LogP contribution in [0.4, 0.5) is 5.13 Å². The van der Waals surface area contributed by atoms with Gasteiger partial charge >= 0.3 is 5.97 Å². The number of hydrazone groups is 1. The topological polar surface area (TPSA) is 63.6 Å². The second kappa shape index (κ2) is 6.49. The summed E-state index contributed by atoms with van der Waals surface area (Å²) in [5, 5.41) is 5.27. The molecule has 1 heterocycles. The minimum absolute atomic E-state index is 0.394. The molecular weight excluding hydrogens is 298 g/mol. The maximum absolute atomic E-state index is 11.4. The molecule has 0 aliphatic rings. The number of hydrogen-bond acceptors (Lipinski definition) is 6. The molecule has 0 aliphatic heterocycles. The smallest absolute Gasteiger partial charge is 0.350 e. The van der Waals surface area contributed by atoms with Crippen LogP contribution in [0.3, 0.4) is 0 Å². The molecule has 0 amide bonds. The molecule has 0 aliphatic carbocycles. The number of benzene rings is 1. The van der Waals surface area contributed by atoms with Crippen molar-refractivity contribution in [2.45, 2.75) is 6.92 Å². The van der Waals surface area contributed by atoms with Crippen molar-refractivity contribution >= 4 is 40.3 Å². The molecule has 0 saturated heterocycles. The fraction of sp³-hybridized carbons (Fsp3) is 0.154. The van der Waals surface area contributed by atoms with Crippen LogP contribution in [-0.4, -0.2) is 24.3 Å². The number of carbonyl (C=O) groups excluding carboxylic acids is 1. The minimum Gasteiger partial charge on any atom is -0.465 e. The first-order valence-corrected chi connectivity index (χ1v) is 6.90. The van der Waals surface area contributed by atoms with E-state index in [0.29, 0.717) is 20.7 Å². The van der Waals surface area contributed by atoms with E-state index in [0.717, 1.165) is 5.56 Å². The summed E-state index contributed by atoms with van der Waals surface area (Å²) in [5.74, 6) is -0.394. The highest BCUT2D eigenvalue weighted by molar-refractivity contribution is 7.17. The summed E-state index contributed by atoms with van der Waals surface area (Å²) in [7, 11) is 1.34. The van der Waals surface area contributed by atoms with Gasteiger partial charge in [0.15, 0.2) is 0 Å². The lowest BCUT2D eigenvalue weighted by molar-refractivity contribution is 0.0605. The average Bonchev–Trinajstić information content (AvgIpc) is 2.81. The molecule has 104 valence electrons. The van der Waals surface area contributed by atoms with Gasteiger partial charge in [-0.2, -0.15) is 5.10 Å². The van der Waals surface area contributed by atoms with Gasteiger partial charge in [0.25, 0.3) is 0 Å². The minimum atomic E-state index is -0.394. The molecule has 20 heavy (non-hydrogen) atoms. The van der Waals surface area contributed by atoms with Crippen molar-refractivity contribution in [3.63, 3.8) is 0 Å². The second-order valence-electron chi connectivity index (χ2n) is 3.85. The molecule has 0 unspecified atom stereocenters. The van der Waals surface area contributed by atoms with Gasteiger partial charge in [0, 0.05) is 5.02 Å². The fourth-order valence-electron chi connectivity index (χ4n) is 1.44. The number of rotatable bonds is 4. The summed E-state index contributed by atoms with van der Waals surface area (Å²) in [4.78, 5) is 16.1. The number of hydrogen-bond donors (Lipinski definition) is 1. The first kappa shape index (κ1) is 14.5. The van der Waals surface area contributed by atoms with Crippen LogP contribution in [0.1, 0.15) is 20.9 Å². The zero-order valence-corrected chi connectivity index (χ0v) is 12.5. The van der Waals surface area contributed by atoms with Gasteiger partial charge in [0.05, 0.1) is 19.0 Å². The van der Waals surface area contributed by atoms with Crippen LogP contribution in [0, 0.1) is 6.92 Å². The number of aromatic nitrogens is 1. The summed E-state index contributed by atoms with van der Waals surface area (Å²) < 4.78 is 4.67. The van der Waals surface area contributed by atoms with E-state index in [1.165, 1.54) is 18.4 Å². The molecule has 1 aromatic heterocycles. The predicted octanol–water partition coefficient (Wildman–Crippen LogP) is 3.34. The maximum Gasteiger partial charge on any atom is 0.350 e. The number of ether oxygens (including phenoxy) is 1. The van der Waals surface area contributed by atoms with E-state index in [9.17, 15) is 4.79 Å². The van der Waals surface area contributed by atoms with Crippen LogP contribution in [0.5, 0.6) is 0 Å². The van der Waals surface area contributed by atoms with E-state index in [-0.39, 0.29) is 0 Å². The molecule has 5 nitrogen and oxygen atoms in total. The third kappa shape index (κ3) is 3.55. The first-order chi connectivity index (χ1) is 9.60. The lowest BCUT2D eigenvalue weighted by Gasteiger charge is -1.94. The van der Waals surface area contributed by atoms with Crippen molar-refractivity contribution < 1.29 is 9.53 Å². The Labute approximate surface area is 125 Å². The monoisotopic (exact) mass is 309 g/mol. The molecule has 1 aromatic carbocycles. The van der Waals surface area contributed by atoms with E-state index >= 15 is 0 Å². The van der Waals surface area contributed by atoms with E-state index < -0.39 is 5.97 Å². The first-order valence-electron chi connectivity index (χ1n) is 5.70. The maximum atomic E-state index is 11.4. The highest BCUT2D eigenvalue weighted by Crippen LogP contribution is 2.23. The molecule has 7 heteroatoms. The quantitative estimate of drug-likeness (QED) is 0.534. The fourth-order valence-corrected chi connectivity index (χ4v) is 2.40. The second-order valence-corrected chi connectivity index (χ2v) is 5.28. The number of aryl methyl sites for hydroxylation is 1. The molecule has 0 spiro atoms. The Hall–Kier alpha value is -1.92. The van der Waals surface area contributed by atoms with E-state index in [2.05, 4.69) is 20.2 Å². The number of anilines is 1. The van der Waals surface area contributed by atoms with E-state index in [4.69, 9.17) is 11.6 Å². The Bertz CT molecular complexity index is 638. The number of nitrogens with zero attached hydrogens (tertiary/aromatic N) is 2. The molecule has 0 atom stereocenters. The largest absolute Gasteiger partial charge is 0.465 e. The third-order valence-electron chi connectivity index (χ3n) is 2.41. The van der Waals surface area contributed by atoms with Crippen LogP contribution in [0.25, 0.3) is 0 Å². The number of esters is 1. The van der Waals surface area contributed by atoms with Gasteiger partial charge < -0.3 is 4.74 Å². The van der Waals surface area contributed by atoms with Crippen molar-refractivity contribution in [2.24, 2.45) is 5.10 Å². The molecule has 2 aromatic rings. The molecule has 0 saturated carbocycles. The van der Waals surface area contributed by atoms with Gasteiger partial charge in [-0.1, -0.05) is 35.1 Å². The Morgan fingerprint density at radius 3 is 2.80 bits per heavy atom. The lowest BCUT2D eigenvalue weighted by atomic mass is 10.2.